The predicted octanol–water partition coefficient (Wildman–Crippen LogP) is -3.55. The van der Waals surface area contributed by atoms with E-state index in [4.69, 9.17) is 25.8 Å². The summed E-state index contributed by atoms with van der Waals surface area (Å²) in [6.07, 6.45) is 0. The van der Waals surface area contributed by atoms with Gasteiger partial charge in [0, 0.05) is 0 Å². The Morgan fingerprint density at radius 2 is 0.571 bits per heavy atom. The third-order valence-electron chi connectivity index (χ3n) is 0. The molecule has 0 aromatic carbocycles. The van der Waals surface area contributed by atoms with Crippen LogP contribution in [0.25, 0.3) is 0 Å². The molecule has 0 radical (unpaired) electrons. The van der Waals surface area contributed by atoms with Crippen LogP contribution in [0.1, 0.15) is 0 Å². The Bertz CT molecular complexity index is 62.7. The van der Waals surface area contributed by atoms with Crippen molar-refractivity contribution in [2.24, 2.45) is 25.8 Å². The van der Waals surface area contributed by atoms with Crippen molar-refractivity contribution in [1.82, 2.24) is 0 Å². The van der Waals surface area contributed by atoms with E-state index in [9.17, 15) is 0 Å². The van der Waals surface area contributed by atoms with Crippen LogP contribution in [0.4, 0.5) is 0 Å². The summed E-state index contributed by atoms with van der Waals surface area (Å²) >= 11 is -5.12. The average Bonchev–Trinajstić information content (AvgIpc) is 0.592. The van der Waals surface area contributed by atoms with E-state index in [1.807, 2.05) is 0 Å². The average molecular weight is 291 g/mol. The van der Waals surface area contributed by atoms with Crippen molar-refractivity contribution in [2.75, 3.05) is 0 Å². The van der Waals surface area contributed by atoms with Gasteiger partial charge in [-0.05, 0) is 0 Å². The maximum atomic E-state index is 4.91. The molecule has 12 N–H and O–H groups in total. The summed E-state index contributed by atoms with van der Waals surface area (Å²) in [7, 11) is 0. The summed E-state index contributed by atoms with van der Waals surface area (Å²) in [6, 6.07) is 0. The molecule has 0 aliphatic heterocycles. The Kier molecular flexibility index (Phi) is 0.853. The standard InChI is InChI=1S/6H2N.Pt/h6*1H2;/q6*-1;+6. The van der Waals surface area contributed by atoms with Gasteiger partial charge in [-0.1, -0.05) is 0 Å². The molecule has 7 heteroatoms. The van der Waals surface area contributed by atoms with E-state index in [-0.39, 0.29) is 0 Å². The SMILES string of the molecule is [NH2][Pt]([NH2])([NH2])([NH2])([NH2])[NH2]. The third-order valence-corrected chi connectivity index (χ3v) is 0. The monoisotopic (exact) mass is 291 g/mol. The molecule has 0 aliphatic carbocycles. The van der Waals surface area contributed by atoms with Crippen molar-refractivity contribution >= 4 is 0 Å². The van der Waals surface area contributed by atoms with Crippen molar-refractivity contribution in [2.45, 2.75) is 0 Å². The van der Waals surface area contributed by atoms with Crippen LogP contribution in [0, 0.1) is 0 Å². The molecule has 0 rings (SSSR count). The zero-order valence-electron chi connectivity index (χ0n) is 3.78. The number of hydrogen-bond donors (Lipinski definition) is 6. The van der Waals surface area contributed by atoms with Gasteiger partial charge in [0.25, 0.3) is 0 Å². The van der Waals surface area contributed by atoms with E-state index in [1.54, 1.807) is 0 Å². The van der Waals surface area contributed by atoms with Gasteiger partial charge in [0.15, 0.2) is 0 Å². The molecule has 0 amide bonds. The van der Waals surface area contributed by atoms with Gasteiger partial charge in [0.2, 0.25) is 0 Å². The molecule has 0 bridgehead atoms. The Morgan fingerprint density at radius 1 is 0.571 bits per heavy atom. The van der Waals surface area contributed by atoms with Gasteiger partial charge < -0.3 is 0 Å². The molecule has 0 aliphatic rings. The maximum absolute atomic E-state index is 5.12. The van der Waals surface area contributed by atoms with Gasteiger partial charge in [-0.2, -0.15) is 0 Å². The fraction of sp³-hybridized carbons (Fsp3) is 0. The van der Waals surface area contributed by atoms with Crippen molar-refractivity contribution in [3.63, 3.8) is 0 Å². The van der Waals surface area contributed by atoms with Crippen molar-refractivity contribution in [3.05, 3.63) is 0 Å². The van der Waals surface area contributed by atoms with E-state index in [0.29, 0.717) is 0 Å². The van der Waals surface area contributed by atoms with Crippen molar-refractivity contribution in [1.29, 1.82) is 0 Å². The molecule has 0 unspecified atom stereocenters. The van der Waals surface area contributed by atoms with E-state index >= 15 is 0 Å². The second kappa shape index (κ2) is 0.802. The van der Waals surface area contributed by atoms with Crippen LogP contribution in [0.5, 0.6) is 0 Å². The number of rotatable bonds is 0. The summed E-state index contributed by atoms with van der Waals surface area (Å²) in [5, 5.41) is 0. The summed E-state index contributed by atoms with van der Waals surface area (Å²) in [5.41, 5.74) is 0. The van der Waals surface area contributed by atoms with Crippen LogP contribution in [0.3, 0.4) is 0 Å². The van der Waals surface area contributed by atoms with Crippen LogP contribution in [0.2, 0.25) is 0 Å². The van der Waals surface area contributed by atoms with E-state index < -0.39 is 15.1 Å². The van der Waals surface area contributed by atoms with Crippen LogP contribution in [-0.2, 0) is 15.1 Å². The second-order valence-corrected chi connectivity index (χ2v) is 12.9. The van der Waals surface area contributed by atoms with E-state index in [2.05, 4.69) is 0 Å². The molecule has 0 aromatic rings. The molecule has 7 heavy (non-hydrogen) atoms. The fourth-order valence-electron chi connectivity index (χ4n) is 0. The number of nitrogens with two attached hydrogens (primary N) is 6. The molecule has 52 valence electrons. The minimum absolute atomic E-state index is 4.91. The second-order valence-electron chi connectivity index (χ2n) is 1.58. The van der Waals surface area contributed by atoms with Gasteiger partial charge in [-0.3, -0.25) is 0 Å². The quantitative estimate of drug-likeness (QED) is 0.271. The topological polar surface area (TPSA) is 156 Å². The molecule has 0 atom stereocenters. The minimum atomic E-state index is -5.12. The molecule has 0 heterocycles. The van der Waals surface area contributed by atoms with Crippen LogP contribution in [-0.4, -0.2) is 0 Å². The Hall–Kier alpha value is 0.448. The normalized spacial score (nSPS) is 23.1. The summed E-state index contributed by atoms with van der Waals surface area (Å²) in [4.78, 5) is 0. The molecule has 0 saturated heterocycles. The van der Waals surface area contributed by atoms with Crippen molar-refractivity contribution in [3.8, 4) is 0 Å². The van der Waals surface area contributed by atoms with Gasteiger partial charge in [0.1, 0.15) is 0 Å². The first-order valence-corrected chi connectivity index (χ1v) is 8.97. The fourth-order valence-corrected chi connectivity index (χ4v) is 0. The Labute approximate surface area is 41.4 Å². The molecule has 0 aromatic heterocycles. The summed E-state index contributed by atoms with van der Waals surface area (Å²) in [6.45, 7) is 0. The van der Waals surface area contributed by atoms with Gasteiger partial charge in [0.05, 0.1) is 0 Å². The molecule has 0 spiro atoms. The first-order chi connectivity index (χ1) is 2.45. The Morgan fingerprint density at radius 3 is 0.571 bits per heavy atom. The number of hydrogen-bond acceptors (Lipinski definition) is 6. The first-order valence-electron chi connectivity index (χ1n) is 1.10. The predicted molar refractivity (Wildman–Crippen MR) is 25.1 cm³/mol. The molecular weight excluding hydrogens is 279 g/mol. The van der Waals surface area contributed by atoms with E-state index in [1.165, 1.54) is 0 Å². The summed E-state index contributed by atoms with van der Waals surface area (Å²) < 4.78 is 29.5. The molecule has 0 fully saturated rings. The molecular formula is H12N6Pt. The molecule has 6 nitrogen and oxygen atoms in total. The first kappa shape index (κ1) is 7.45. The van der Waals surface area contributed by atoms with Crippen LogP contribution >= 0.6 is 0 Å². The van der Waals surface area contributed by atoms with Gasteiger partial charge in [-0.15, -0.1) is 0 Å². The zero-order valence-corrected chi connectivity index (χ0v) is 6.05. The zero-order chi connectivity index (χ0) is 6.41. The van der Waals surface area contributed by atoms with E-state index in [0.717, 1.165) is 0 Å². The van der Waals surface area contributed by atoms with Crippen molar-refractivity contribution < 1.29 is 15.1 Å². The van der Waals surface area contributed by atoms with Crippen LogP contribution in [0.15, 0.2) is 0 Å². The molecule has 0 saturated carbocycles. The van der Waals surface area contributed by atoms with Gasteiger partial charge in [-0.25, -0.2) is 0 Å². The van der Waals surface area contributed by atoms with Crippen LogP contribution < -0.4 is 25.8 Å². The summed E-state index contributed by atoms with van der Waals surface area (Å²) in [5.74, 6) is 0. The van der Waals surface area contributed by atoms with Gasteiger partial charge >= 0.3 is 40.8 Å². The Balaban J connectivity index is 4.43. The third kappa shape index (κ3) is 635.